The van der Waals surface area contributed by atoms with Crippen LogP contribution in [0.4, 0.5) is 0 Å². The molecule has 2 aromatic heterocycles. The van der Waals surface area contributed by atoms with Crippen LogP contribution in [0.25, 0.3) is 46.4 Å². The summed E-state index contributed by atoms with van der Waals surface area (Å²) in [6, 6.07) is 17.1. The van der Waals surface area contributed by atoms with Crippen molar-refractivity contribution in [1.82, 2.24) is 18.7 Å². The first-order valence-electron chi connectivity index (χ1n) is 30.9. The maximum Gasteiger partial charge on any atom is 0.119 e. The normalized spacial score (nSPS) is 12.9. The topological polar surface area (TPSA) is 70.0 Å². The summed E-state index contributed by atoms with van der Waals surface area (Å²) in [4.78, 5) is 11.4. The van der Waals surface area contributed by atoms with Crippen molar-refractivity contribution in [3.05, 3.63) is 82.2 Å². The Balaban J connectivity index is 1.37. The zero-order chi connectivity index (χ0) is 53.3. The Labute approximate surface area is 462 Å². The number of benzene rings is 3. The van der Waals surface area contributed by atoms with Gasteiger partial charge in [0.25, 0.3) is 0 Å². The molecule has 2 heterocycles. The molecule has 2 atom stereocenters. The Morgan fingerprint density at radius 3 is 1.08 bits per heavy atom. The van der Waals surface area contributed by atoms with E-state index in [0.717, 1.165) is 131 Å². The molecule has 0 fully saturated rings. The van der Waals surface area contributed by atoms with E-state index >= 15 is 0 Å². The highest BCUT2D eigenvalue weighted by atomic mass is 32.1. The van der Waals surface area contributed by atoms with Crippen LogP contribution in [0.1, 0.15) is 269 Å². The molecule has 0 radical (unpaired) electrons. The van der Waals surface area contributed by atoms with Crippen LogP contribution in [0.2, 0.25) is 0 Å². The zero-order valence-electron chi connectivity index (χ0n) is 48.9. The minimum atomic E-state index is 0.630. The van der Waals surface area contributed by atoms with Crippen LogP contribution in [0.5, 0.6) is 11.5 Å². The first-order valence-corrected chi connectivity index (χ1v) is 31.7. The first kappa shape index (κ1) is 61.7. The van der Waals surface area contributed by atoms with Crippen molar-refractivity contribution >= 4 is 58.1 Å². The van der Waals surface area contributed by atoms with Gasteiger partial charge in [-0.2, -0.15) is 8.75 Å². The number of hydrogen-bond donors (Lipinski definition) is 0. The van der Waals surface area contributed by atoms with Crippen molar-refractivity contribution in [1.29, 1.82) is 0 Å². The van der Waals surface area contributed by atoms with Gasteiger partial charge < -0.3 is 9.47 Å². The van der Waals surface area contributed by atoms with Gasteiger partial charge in [0, 0.05) is 11.1 Å². The van der Waals surface area contributed by atoms with Gasteiger partial charge in [-0.05, 0) is 110 Å². The number of aryl methyl sites for hydroxylation is 2. The summed E-state index contributed by atoms with van der Waals surface area (Å²) in [5.74, 6) is 4.60. The number of fused-ring (bicyclic) bond motifs is 2. The maximum absolute atomic E-state index is 6.21. The number of aromatic nitrogens is 4. The quantitative estimate of drug-likeness (QED) is 0.0286. The van der Waals surface area contributed by atoms with Gasteiger partial charge in [-0.25, -0.2) is 9.97 Å². The predicted octanol–water partition coefficient (Wildman–Crippen LogP) is 21.4. The first-order chi connectivity index (χ1) is 36.6. The molecule has 0 spiro atoms. The number of rotatable bonds is 42. The number of ether oxygens (including phenoxy) is 2. The van der Waals surface area contributed by atoms with Crippen molar-refractivity contribution in [3.8, 4) is 11.5 Å². The van der Waals surface area contributed by atoms with E-state index in [-0.39, 0.29) is 0 Å². The minimum absolute atomic E-state index is 0.630. The molecule has 2 unspecified atom stereocenters. The third-order valence-electron chi connectivity index (χ3n) is 15.4. The molecule has 0 saturated carbocycles. The van der Waals surface area contributed by atoms with Crippen molar-refractivity contribution in [2.24, 2.45) is 23.7 Å². The van der Waals surface area contributed by atoms with Gasteiger partial charge in [0.2, 0.25) is 0 Å². The van der Waals surface area contributed by atoms with Gasteiger partial charge in [0.05, 0.1) is 47.4 Å². The Bertz CT molecular complexity index is 2170. The lowest BCUT2D eigenvalue weighted by Crippen LogP contribution is -2.09. The molecular weight excluding hydrogens is 937 g/mol. The number of nitrogens with zero attached hydrogens (tertiary/aromatic N) is 4. The highest BCUT2D eigenvalue weighted by Crippen LogP contribution is 2.35. The molecule has 75 heavy (non-hydrogen) atoms. The van der Waals surface area contributed by atoms with Crippen LogP contribution in [0, 0.1) is 23.7 Å². The molecule has 0 aliphatic rings. The minimum Gasteiger partial charge on any atom is -0.494 e. The smallest absolute Gasteiger partial charge is 0.119 e. The van der Waals surface area contributed by atoms with Gasteiger partial charge in [0.1, 0.15) is 22.5 Å². The molecule has 3 aromatic carbocycles. The van der Waals surface area contributed by atoms with E-state index in [1.54, 1.807) is 0 Å². The second-order valence-electron chi connectivity index (χ2n) is 23.4. The molecule has 0 N–H and O–H groups in total. The van der Waals surface area contributed by atoms with Gasteiger partial charge in [0.15, 0.2) is 0 Å². The fourth-order valence-electron chi connectivity index (χ4n) is 10.4. The molecule has 5 aromatic rings. The summed E-state index contributed by atoms with van der Waals surface area (Å²) in [5, 5.41) is 0. The summed E-state index contributed by atoms with van der Waals surface area (Å²) < 4.78 is 22.4. The third-order valence-corrected chi connectivity index (χ3v) is 16.0. The van der Waals surface area contributed by atoms with Crippen LogP contribution in [-0.2, 0) is 12.8 Å². The average molecular weight is 1040 g/mol. The monoisotopic (exact) mass is 1040 g/mol. The lowest BCUT2D eigenvalue weighted by Gasteiger charge is -2.17. The van der Waals surface area contributed by atoms with Crippen LogP contribution < -0.4 is 9.47 Å². The molecule has 0 amide bonds. The SMILES string of the molecule is CCCCCCCCCCCCOc1ccc(C=Cc2c3nsnc3c(C=Cc3ccc(OCCCCCCCCCCCC)cc3)c3nc(CCC(C)CCCC(C)C)c(CCC(C)CCCC(C)C)nc23)cc1. The summed E-state index contributed by atoms with van der Waals surface area (Å²) in [6.07, 6.45) is 47.0. The fraction of sp³-hybridized carbons (Fsp3) is 0.647. The van der Waals surface area contributed by atoms with E-state index in [9.17, 15) is 0 Å². The van der Waals surface area contributed by atoms with Gasteiger partial charge in [-0.1, -0.05) is 246 Å². The lowest BCUT2D eigenvalue weighted by molar-refractivity contribution is 0.304. The number of unbranched alkanes of at least 4 members (excludes halogenated alkanes) is 18. The Morgan fingerprint density at radius 2 is 0.733 bits per heavy atom. The maximum atomic E-state index is 6.21. The Morgan fingerprint density at radius 1 is 0.387 bits per heavy atom. The summed E-state index contributed by atoms with van der Waals surface area (Å²) in [7, 11) is 0. The molecule has 0 saturated heterocycles. The van der Waals surface area contributed by atoms with Gasteiger partial charge in [-0.15, -0.1) is 0 Å². The highest BCUT2D eigenvalue weighted by molar-refractivity contribution is 7.00. The fourth-order valence-corrected chi connectivity index (χ4v) is 11.0. The standard InChI is InChI=1S/C68H104N4O2S/c1-9-11-13-15-17-19-21-23-25-27-51-73-59-43-37-57(38-44-59)41-47-61-65-66(70-64(50-36-56(8)34-30-32-54(5)6)63(69-65)49-35-55(7)33-29-31-53(3)4)62(68-67(61)71-75-72-68)48-42-58-39-45-60(46-40-58)74-52-28-26-24-22-20-18-16-14-12-10-2/h37-48,53-56H,9-36,49-52H2,1-8H3. The van der Waals surface area contributed by atoms with Crippen molar-refractivity contribution < 1.29 is 9.47 Å². The number of hydrogen-bond acceptors (Lipinski definition) is 7. The van der Waals surface area contributed by atoms with E-state index in [4.69, 9.17) is 28.2 Å². The average Bonchev–Trinajstić information content (AvgIpc) is 3.91. The van der Waals surface area contributed by atoms with Crippen molar-refractivity contribution in [3.63, 3.8) is 0 Å². The third kappa shape index (κ3) is 24.0. The second kappa shape index (κ2) is 36.8. The predicted molar refractivity (Wildman–Crippen MR) is 328 cm³/mol. The van der Waals surface area contributed by atoms with Crippen molar-refractivity contribution in [2.45, 2.75) is 248 Å². The Hall–Kier alpha value is -4.10. The van der Waals surface area contributed by atoms with E-state index in [1.165, 1.54) is 166 Å². The summed E-state index contributed by atoms with van der Waals surface area (Å²) in [5.41, 5.74) is 10.1. The molecule has 0 bridgehead atoms. The van der Waals surface area contributed by atoms with Crippen LogP contribution in [0.15, 0.2) is 48.5 Å². The molecule has 0 aliphatic heterocycles. The van der Waals surface area contributed by atoms with Crippen LogP contribution in [-0.4, -0.2) is 31.9 Å². The molecule has 7 heteroatoms. The van der Waals surface area contributed by atoms with Gasteiger partial charge in [-0.3, -0.25) is 0 Å². The van der Waals surface area contributed by atoms with E-state index < -0.39 is 0 Å². The second-order valence-corrected chi connectivity index (χ2v) is 23.9. The van der Waals surface area contributed by atoms with Gasteiger partial charge >= 0.3 is 0 Å². The summed E-state index contributed by atoms with van der Waals surface area (Å²) in [6.45, 7) is 20.3. The largest absolute Gasteiger partial charge is 0.494 e. The highest BCUT2D eigenvalue weighted by Gasteiger charge is 2.21. The van der Waals surface area contributed by atoms with Crippen LogP contribution >= 0.6 is 11.7 Å². The van der Waals surface area contributed by atoms with Crippen LogP contribution in [0.3, 0.4) is 0 Å². The Kier molecular flexibility index (Phi) is 30.3. The summed E-state index contributed by atoms with van der Waals surface area (Å²) >= 11 is 1.27. The molecule has 414 valence electrons. The zero-order valence-corrected chi connectivity index (χ0v) is 49.7. The van der Waals surface area contributed by atoms with E-state index in [2.05, 4.69) is 128 Å². The van der Waals surface area contributed by atoms with E-state index in [0.29, 0.717) is 11.8 Å². The molecule has 5 rings (SSSR count). The molecular formula is C68H104N4O2S. The molecule has 6 nitrogen and oxygen atoms in total. The molecule has 0 aliphatic carbocycles. The van der Waals surface area contributed by atoms with Crippen molar-refractivity contribution in [2.75, 3.05) is 13.2 Å². The van der Waals surface area contributed by atoms with E-state index in [1.807, 2.05) is 0 Å². The lowest BCUT2D eigenvalue weighted by atomic mass is 9.92.